The molecule has 0 amide bonds. The Labute approximate surface area is 110 Å². The fourth-order valence-corrected chi connectivity index (χ4v) is 2.19. The van der Waals surface area contributed by atoms with E-state index < -0.39 is 0 Å². The molecule has 0 saturated carbocycles. The van der Waals surface area contributed by atoms with Crippen LogP contribution in [-0.2, 0) is 6.54 Å². The van der Waals surface area contributed by atoms with Crippen molar-refractivity contribution in [3.63, 3.8) is 0 Å². The molecule has 2 rings (SSSR count). The molecule has 3 nitrogen and oxygen atoms in total. The van der Waals surface area contributed by atoms with Crippen LogP contribution in [0.3, 0.4) is 0 Å². The molecule has 90 valence electrons. The Morgan fingerprint density at radius 2 is 2.00 bits per heavy atom. The maximum absolute atomic E-state index is 5.99. The van der Waals surface area contributed by atoms with Gasteiger partial charge < -0.3 is 5.73 Å². The van der Waals surface area contributed by atoms with Crippen LogP contribution in [-0.4, -0.2) is 9.78 Å². The minimum absolute atomic E-state index is 0.722. The fraction of sp³-hybridized carbons (Fsp3) is 0.308. The molecule has 0 bridgehead atoms. The molecule has 2 N–H and O–H groups in total. The smallest absolute Gasteiger partial charge is 0.0682 e. The molecule has 0 atom stereocenters. The second-order valence-electron chi connectivity index (χ2n) is 4.30. The SMILES string of the molecule is Cc1nn(Cc2ccc(Br)cc2N)c(C)c1C. The van der Waals surface area contributed by atoms with Crippen molar-refractivity contribution in [1.82, 2.24) is 9.78 Å². The van der Waals surface area contributed by atoms with Crippen LogP contribution in [0.25, 0.3) is 0 Å². The lowest BCUT2D eigenvalue weighted by molar-refractivity contribution is 0.659. The van der Waals surface area contributed by atoms with Gasteiger partial charge in [0, 0.05) is 15.9 Å². The number of nitrogens with two attached hydrogens (primary N) is 1. The third kappa shape index (κ3) is 2.36. The van der Waals surface area contributed by atoms with Gasteiger partial charge >= 0.3 is 0 Å². The zero-order valence-corrected chi connectivity index (χ0v) is 11.9. The van der Waals surface area contributed by atoms with Crippen LogP contribution in [0.4, 0.5) is 5.69 Å². The van der Waals surface area contributed by atoms with E-state index in [1.165, 1.54) is 11.3 Å². The van der Waals surface area contributed by atoms with Crippen molar-refractivity contribution in [3.8, 4) is 0 Å². The molecule has 0 aliphatic carbocycles. The van der Waals surface area contributed by atoms with Crippen LogP contribution in [0.1, 0.15) is 22.5 Å². The van der Waals surface area contributed by atoms with Gasteiger partial charge in [0.25, 0.3) is 0 Å². The molecule has 0 spiro atoms. The molecule has 4 heteroatoms. The van der Waals surface area contributed by atoms with Gasteiger partial charge in [0.1, 0.15) is 0 Å². The van der Waals surface area contributed by atoms with Crippen LogP contribution < -0.4 is 5.73 Å². The Hall–Kier alpha value is -1.29. The number of benzene rings is 1. The van der Waals surface area contributed by atoms with E-state index in [-0.39, 0.29) is 0 Å². The zero-order chi connectivity index (χ0) is 12.6. The van der Waals surface area contributed by atoms with Gasteiger partial charge in [0.2, 0.25) is 0 Å². The minimum atomic E-state index is 0.722. The highest BCUT2D eigenvalue weighted by molar-refractivity contribution is 9.10. The number of nitrogen functional groups attached to an aromatic ring is 1. The van der Waals surface area contributed by atoms with Gasteiger partial charge in [-0.05, 0) is 44.0 Å². The lowest BCUT2D eigenvalue weighted by Gasteiger charge is -2.08. The van der Waals surface area contributed by atoms with Gasteiger partial charge in [-0.1, -0.05) is 22.0 Å². The van der Waals surface area contributed by atoms with Gasteiger partial charge in [0.05, 0.1) is 12.2 Å². The maximum Gasteiger partial charge on any atom is 0.0682 e. The Bertz CT molecular complexity index is 558. The predicted octanol–water partition coefficient (Wildman–Crippen LogP) is 3.20. The fourth-order valence-electron chi connectivity index (χ4n) is 1.81. The van der Waals surface area contributed by atoms with Crippen molar-refractivity contribution in [1.29, 1.82) is 0 Å². The second kappa shape index (κ2) is 4.53. The highest BCUT2D eigenvalue weighted by Gasteiger charge is 2.08. The number of aromatic nitrogens is 2. The number of anilines is 1. The lowest BCUT2D eigenvalue weighted by atomic mass is 10.2. The number of nitrogens with zero attached hydrogens (tertiary/aromatic N) is 2. The Balaban J connectivity index is 2.34. The molecule has 0 aliphatic heterocycles. The van der Waals surface area contributed by atoms with E-state index in [1.807, 2.05) is 29.8 Å². The van der Waals surface area contributed by atoms with Crippen LogP contribution in [0.15, 0.2) is 22.7 Å². The molecular formula is C13H16BrN3. The largest absolute Gasteiger partial charge is 0.398 e. The lowest BCUT2D eigenvalue weighted by Crippen LogP contribution is -2.06. The summed E-state index contributed by atoms with van der Waals surface area (Å²) in [6.07, 6.45) is 0. The number of hydrogen-bond acceptors (Lipinski definition) is 2. The Morgan fingerprint density at radius 3 is 2.53 bits per heavy atom. The summed E-state index contributed by atoms with van der Waals surface area (Å²) in [4.78, 5) is 0. The molecule has 0 saturated heterocycles. The molecule has 0 fully saturated rings. The summed E-state index contributed by atoms with van der Waals surface area (Å²) < 4.78 is 3.01. The van der Waals surface area contributed by atoms with Gasteiger partial charge in [-0.3, -0.25) is 4.68 Å². The molecule has 1 heterocycles. The first-order valence-electron chi connectivity index (χ1n) is 5.53. The van der Waals surface area contributed by atoms with Crippen molar-refractivity contribution in [3.05, 3.63) is 45.2 Å². The Morgan fingerprint density at radius 1 is 1.29 bits per heavy atom. The van der Waals surface area contributed by atoms with E-state index in [0.29, 0.717) is 0 Å². The standard InChI is InChI=1S/C13H16BrN3/c1-8-9(2)16-17(10(8)3)7-11-4-5-12(14)6-13(11)15/h4-6H,7,15H2,1-3H3. The normalized spacial score (nSPS) is 10.8. The average molecular weight is 294 g/mol. The van der Waals surface area contributed by atoms with Gasteiger partial charge in [0.15, 0.2) is 0 Å². The van der Waals surface area contributed by atoms with E-state index >= 15 is 0 Å². The van der Waals surface area contributed by atoms with Crippen molar-refractivity contribution < 1.29 is 0 Å². The summed E-state index contributed by atoms with van der Waals surface area (Å²) >= 11 is 3.41. The van der Waals surface area contributed by atoms with Crippen LogP contribution in [0.2, 0.25) is 0 Å². The summed E-state index contributed by atoms with van der Waals surface area (Å²) in [5, 5.41) is 4.52. The minimum Gasteiger partial charge on any atom is -0.398 e. The highest BCUT2D eigenvalue weighted by Crippen LogP contribution is 2.20. The average Bonchev–Trinajstić information content (AvgIpc) is 2.50. The van der Waals surface area contributed by atoms with E-state index in [9.17, 15) is 0 Å². The summed E-state index contributed by atoms with van der Waals surface area (Å²) in [6, 6.07) is 5.96. The van der Waals surface area contributed by atoms with Gasteiger partial charge in [-0.2, -0.15) is 5.10 Å². The number of hydrogen-bond donors (Lipinski definition) is 1. The third-order valence-corrected chi connectivity index (χ3v) is 3.66. The molecule has 0 unspecified atom stereocenters. The maximum atomic E-state index is 5.99. The molecule has 1 aromatic heterocycles. The molecule has 2 aromatic rings. The third-order valence-electron chi connectivity index (χ3n) is 3.17. The van der Waals surface area contributed by atoms with Crippen LogP contribution in [0, 0.1) is 20.8 Å². The quantitative estimate of drug-likeness (QED) is 0.864. The number of halogens is 1. The van der Waals surface area contributed by atoms with E-state index in [0.717, 1.165) is 28.0 Å². The molecule has 0 aliphatic rings. The van der Waals surface area contributed by atoms with Crippen LogP contribution in [0.5, 0.6) is 0 Å². The van der Waals surface area contributed by atoms with E-state index in [1.54, 1.807) is 0 Å². The van der Waals surface area contributed by atoms with Crippen molar-refractivity contribution in [2.24, 2.45) is 0 Å². The molecule has 17 heavy (non-hydrogen) atoms. The predicted molar refractivity (Wildman–Crippen MR) is 74.1 cm³/mol. The Kier molecular flexibility index (Phi) is 3.24. The molecule has 0 radical (unpaired) electrons. The first-order valence-corrected chi connectivity index (χ1v) is 6.33. The van der Waals surface area contributed by atoms with Gasteiger partial charge in [-0.15, -0.1) is 0 Å². The number of rotatable bonds is 2. The summed E-state index contributed by atoms with van der Waals surface area (Å²) in [5.74, 6) is 0. The van der Waals surface area contributed by atoms with Crippen molar-refractivity contribution in [2.45, 2.75) is 27.3 Å². The monoisotopic (exact) mass is 293 g/mol. The van der Waals surface area contributed by atoms with Crippen molar-refractivity contribution >= 4 is 21.6 Å². The topological polar surface area (TPSA) is 43.8 Å². The zero-order valence-electron chi connectivity index (χ0n) is 10.3. The summed E-state index contributed by atoms with van der Waals surface area (Å²) in [7, 11) is 0. The highest BCUT2D eigenvalue weighted by atomic mass is 79.9. The number of aryl methyl sites for hydroxylation is 1. The summed E-state index contributed by atoms with van der Waals surface area (Å²) in [5.41, 5.74) is 11.4. The second-order valence-corrected chi connectivity index (χ2v) is 5.21. The first-order chi connectivity index (χ1) is 7.99. The summed E-state index contributed by atoms with van der Waals surface area (Å²) in [6.45, 7) is 6.94. The van der Waals surface area contributed by atoms with Gasteiger partial charge in [-0.25, -0.2) is 0 Å². The van der Waals surface area contributed by atoms with Crippen LogP contribution >= 0.6 is 15.9 Å². The first kappa shape index (κ1) is 12.2. The van der Waals surface area contributed by atoms with E-state index in [4.69, 9.17) is 5.73 Å². The van der Waals surface area contributed by atoms with E-state index in [2.05, 4.69) is 34.9 Å². The molecule has 1 aromatic carbocycles. The van der Waals surface area contributed by atoms with Crippen molar-refractivity contribution in [2.75, 3.05) is 5.73 Å². The molecular weight excluding hydrogens is 278 g/mol.